The normalized spacial score (nSPS) is 16.7. The van der Waals surface area contributed by atoms with E-state index in [-0.39, 0.29) is 6.61 Å². The lowest BCUT2D eigenvalue weighted by Gasteiger charge is -2.26. The predicted octanol–water partition coefficient (Wildman–Crippen LogP) is 4.10. The summed E-state index contributed by atoms with van der Waals surface area (Å²) in [5.41, 5.74) is 2.26. The second kappa shape index (κ2) is 12.4. The molecule has 1 aromatic heterocycles. The monoisotopic (exact) mass is 447 g/mol. The number of aryl methyl sites for hydroxylation is 1. The lowest BCUT2D eigenvalue weighted by atomic mass is 10.1. The van der Waals surface area contributed by atoms with Crippen LogP contribution in [0.3, 0.4) is 0 Å². The number of β-amino-alcohol motifs (C(OH)–C–C–N with tert-alkyl or cyclic N) is 1. The first-order valence-electron chi connectivity index (χ1n) is 11.3. The van der Waals surface area contributed by atoms with Crippen LogP contribution in [0.25, 0.3) is 0 Å². The minimum atomic E-state index is -0.503. The van der Waals surface area contributed by atoms with Gasteiger partial charge in [-0.25, -0.2) is 4.98 Å². The van der Waals surface area contributed by atoms with E-state index in [0.717, 1.165) is 42.4 Å². The van der Waals surface area contributed by atoms with Crippen LogP contribution >= 0.6 is 11.3 Å². The standard InChI is InChI=1S/C24H37N3O3S/c1-19-25-21(18-31-19)15-26(2)14-20-9-10-23(24(13-20)29-3)30-17-22(28)16-27-11-7-5-4-6-8-12-27/h9-10,13,18,22,28H,4-8,11-12,14-17H2,1-3H3/t22-/m0/s1. The highest BCUT2D eigenvalue weighted by Gasteiger charge is 2.15. The number of hydrogen-bond donors (Lipinski definition) is 1. The third-order valence-corrected chi connectivity index (χ3v) is 6.45. The molecule has 0 radical (unpaired) electrons. The van der Waals surface area contributed by atoms with Gasteiger partial charge < -0.3 is 19.5 Å². The van der Waals surface area contributed by atoms with Crippen molar-refractivity contribution in [2.24, 2.45) is 0 Å². The lowest BCUT2D eigenvalue weighted by Crippen LogP contribution is -2.37. The Morgan fingerprint density at radius 1 is 1.13 bits per heavy atom. The second-order valence-corrected chi connectivity index (χ2v) is 9.61. The summed E-state index contributed by atoms with van der Waals surface area (Å²) in [6.07, 6.45) is 5.88. The summed E-state index contributed by atoms with van der Waals surface area (Å²) in [5.74, 6) is 1.38. The summed E-state index contributed by atoms with van der Waals surface area (Å²) in [7, 11) is 3.75. The van der Waals surface area contributed by atoms with Crippen LogP contribution < -0.4 is 9.47 Å². The summed E-state index contributed by atoms with van der Waals surface area (Å²) in [4.78, 5) is 9.14. The van der Waals surface area contributed by atoms with Crippen molar-refractivity contribution in [3.8, 4) is 11.5 Å². The van der Waals surface area contributed by atoms with E-state index in [4.69, 9.17) is 9.47 Å². The van der Waals surface area contributed by atoms with Gasteiger partial charge in [-0.2, -0.15) is 0 Å². The summed E-state index contributed by atoms with van der Waals surface area (Å²) < 4.78 is 11.5. The molecule has 2 heterocycles. The van der Waals surface area contributed by atoms with Gasteiger partial charge in [0.2, 0.25) is 0 Å². The highest BCUT2D eigenvalue weighted by molar-refractivity contribution is 7.09. The number of ether oxygens (including phenoxy) is 2. The van der Waals surface area contributed by atoms with Crippen molar-refractivity contribution in [2.45, 2.75) is 58.2 Å². The fraction of sp³-hybridized carbons (Fsp3) is 0.625. The van der Waals surface area contributed by atoms with Crippen molar-refractivity contribution in [1.82, 2.24) is 14.8 Å². The molecule has 1 atom stereocenters. The van der Waals surface area contributed by atoms with Crippen molar-refractivity contribution in [1.29, 1.82) is 0 Å². The van der Waals surface area contributed by atoms with E-state index in [0.29, 0.717) is 18.0 Å². The molecule has 1 N–H and O–H groups in total. The highest BCUT2D eigenvalue weighted by atomic mass is 32.1. The topological polar surface area (TPSA) is 58.1 Å². The Bertz CT molecular complexity index is 790. The van der Waals surface area contributed by atoms with Crippen molar-refractivity contribution in [3.63, 3.8) is 0 Å². The Kier molecular flexibility index (Phi) is 9.58. The second-order valence-electron chi connectivity index (χ2n) is 8.55. The van der Waals surface area contributed by atoms with Crippen LogP contribution in [0.2, 0.25) is 0 Å². The molecule has 0 aliphatic carbocycles. The number of aromatic nitrogens is 1. The first-order chi connectivity index (χ1) is 15.0. The fourth-order valence-electron chi connectivity index (χ4n) is 4.09. The molecule has 0 unspecified atom stereocenters. The Hall–Kier alpha value is -1.67. The largest absolute Gasteiger partial charge is 0.493 e. The number of hydrogen-bond acceptors (Lipinski definition) is 7. The van der Waals surface area contributed by atoms with E-state index >= 15 is 0 Å². The molecule has 0 saturated carbocycles. The van der Waals surface area contributed by atoms with Crippen LogP contribution in [0, 0.1) is 6.92 Å². The van der Waals surface area contributed by atoms with Gasteiger partial charge in [-0.15, -0.1) is 11.3 Å². The van der Waals surface area contributed by atoms with Gasteiger partial charge in [-0.1, -0.05) is 25.3 Å². The Morgan fingerprint density at radius 2 is 1.87 bits per heavy atom. The minimum Gasteiger partial charge on any atom is -0.493 e. The van der Waals surface area contributed by atoms with Crippen molar-refractivity contribution >= 4 is 11.3 Å². The first-order valence-corrected chi connectivity index (χ1v) is 12.2. The zero-order valence-corrected chi connectivity index (χ0v) is 20.0. The Balaban J connectivity index is 1.49. The molecule has 0 spiro atoms. The Labute approximate surface area is 190 Å². The molecule has 0 bridgehead atoms. The molecule has 0 amide bonds. The van der Waals surface area contributed by atoms with Crippen LogP contribution in [0.5, 0.6) is 11.5 Å². The van der Waals surface area contributed by atoms with Crippen molar-refractivity contribution in [3.05, 3.63) is 39.8 Å². The maximum atomic E-state index is 10.5. The molecule has 31 heavy (non-hydrogen) atoms. The molecule has 3 rings (SSSR count). The van der Waals surface area contributed by atoms with Gasteiger partial charge >= 0.3 is 0 Å². The van der Waals surface area contributed by atoms with Crippen LogP contribution in [0.15, 0.2) is 23.6 Å². The average molecular weight is 448 g/mol. The number of thiazole rings is 1. The maximum absolute atomic E-state index is 10.5. The molecular formula is C24H37N3O3S. The van der Waals surface area contributed by atoms with E-state index in [9.17, 15) is 5.11 Å². The number of rotatable bonds is 10. The number of aliphatic hydroxyl groups excluding tert-OH is 1. The average Bonchev–Trinajstić information content (AvgIpc) is 3.13. The maximum Gasteiger partial charge on any atom is 0.161 e. The SMILES string of the molecule is COc1cc(CN(C)Cc2csc(C)n2)ccc1OC[C@@H](O)CN1CCCCCCC1. The Morgan fingerprint density at radius 3 is 2.55 bits per heavy atom. The van der Waals surface area contributed by atoms with Gasteiger partial charge in [0.25, 0.3) is 0 Å². The van der Waals surface area contributed by atoms with E-state index in [1.54, 1.807) is 18.4 Å². The molecule has 7 heteroatoms. The number of aliphatic hydroxyl groups is 1. The fourth-order valence-corrected chi connectivity index (χ4v) is 4.69. The third-order valence-electron chi connectivity index (χ3n) is 5.63. The number of methoxy groups -OCH3 is 1. The molecule has 1 aromatic carbocycles. The summed E-state index contributed by atoms with van der Waals surface area (Å²) in [5, 5.41) is 13.7. The van der Waals surface area contributed by atoms with Gasteiger partial charge in [-0.05, 0) is 57.6 Å². The van der Waals surface area contributed by atoms with Gasteiger partial charge in [0.05, 0.1) is 17.8 Å². The molecular weight excluding hydrogens is 410 g/mol. The smallest absolute Gasteiger partial charge is 0.161 e. The lowest BCUT2D eigenvalue weighted by molar-refractivity contribution is 0.0645. The van der Waals surface area contributed by atoms with Crippen LogP contribution in [-0.2, 0) is 13.1 Å². The van der Waals surface area contributed by atoms with Crippen LogP contribution in [-0.4, -0.2) is 66.4 Å². The molecule has 1 fully saturated rings. The molecule has 2 aromatic rings. The zero-order chi connectivity index (χ0) is 22.1. The molecule has 6 nitrogen and oxygen atoms in total. The van der Waals surface area contributed by atoms with Gasteiger partial charge in [0.1, 0.15) is 12.7 Å². The minimum absolute atomic E-state index is 0.273. The molecule has 1 aliphatic heterocycles. The van der Waals surface area contributed by atoms with Crippen molar-refractivity contribution < 1.29 is 14.6 Å². The predicted molar refractivity (Wildman–Crippen MR) is 126 cm³/mol. The number of benzene rings is 1. The summed E-state index contributed by atoms with van der Waals surface area (Å²) >= 11 is 1.68. The van der Waals surface area contributed by atoms with Crippen molar-refractivity contribution in [2.75, 3.05) is 40.4 Å². The van der Waals surface area contributed by atoms with Gasteiger partial charge in [0, 0.05) is 25.0 Å². The van der Waals surface area contributed by atoms with E-state index < -0.39 is 6.10 Å². The van der Waals surface area contributed by atoms with Gasteiger partial charge in [-0.3, -0.25) is 4.90 Å². The quantitative estimate of drug-likeness (QED) is 0.592. The molecule has 1 aliphatic rings. The third kappa shape index (κ3) is 8.07. The van der Waals surface area contributed by atoms with E-state index in [1.807, 2.05) is 19.1 Å². The number of nitrogens with zero attached hydrogens (tertiary/aromatic N) is 3. The molecule has 172 valence electrons. The number of likely N-dealkylation sites (tertiary alicyclic amines) is 1. The molecule has 1 saturated heterocycles. The van der Waals surface area contributed by atoms with E-state index in [2.05, 4.69) is 33.3 Å². The van der Waals surface area contributed by atoms with E-state index in [1.165, 1.54) is 32.1 Å². The van der Waals surface area contributed by atoms with Crippen LogP contribution in [0.4, 0.5) is 0 Å². The zero-order valence-electron chi connectivity index (χ0n) is 19.2. The van der Waals surface area contributed by atoms with Gasteiger partial charge in [0.15, 0.2) is 11.5 Å². The summed E-state index contributed by atoms with van der Waals surface area (Å²) in [6, 6.07) is 6.02. The van der Waals surface area contributed by atoms with Crippen LogP contribution in [0.1, 0.15) is 48.4 Å². The first kappa shape index (κ1) is 24.0. The highest BCUT2D eigenvalue weighted by Crippen LogP contribution is 2.29. The summed E-state index contributed by atoms with van der Waals surface area (Å²) in [6.45, 7) is 6.73.